The van der Waals surface area contributed by atoms with Gasteiger partial charge in [-0.15, -0.1) is 0 Å². The van der Waals surface area contributed by atoms with E-state index in [0.29, 0.717) is 25.3 Å². The number of hydrogen-bond donors (Lipinski definition) is 1. The Balaban J connectivity index is 1.41. The van der Waals surface area contributed by atoms with E-state index < -0.39 is 0 Å². The van der Waals surface area contributed by atoms with Crippen LogP contribution < -0.4 is 10.2 Å². The third kappa shape index (κ3) is 4.36. The molecule has 168 valence electrons. The van der Waals surface area contributed by atoms with Crippen LogP contribution in [0.5, 0.6) is 0 Å². The van der Waals surface area contributed by atoms with Gasteiger partial charge in [0.2, 0.25) is 0 Å². The van der Waals surface area contributed by atoms with Crippen LogP contribution in [0.15, 0.2) is 46.9 Å². The SMILES string of the molecule is Cc1ccc(C(CNC(=O)c2cc3ccccc3nc2N2CCCC2)N2CCOCC2)o1. The molecule has 5 rings (SSSR count). The molecule has 7 heteroatoms. The Hall–Kier alpha value is -2.90. The molecule has 3 aromatic rings. The van der Waals surface area contributed by atoms with Gasteiger partial charge in [-0.1, -0.05) is 18.2 Å². The summed E-state index contributed by atoms with van der Waals surface area (Å²) in [4.78, 5) is 22.9. The number of morpholine rings is 1. The Morgan fingerprint density at radius 1 is 1.09 bits per heavy atom. The van der Waals surface area contributed by atoms with Crippen LogP contribution in [0.25, 0.3) is 10.9 Å². The number of amides is 1. The minimum absolute atomic E-state index is 0.0276. The number of pyridine rings is 1. The second-order valence-electron chi connectivity index (χ2n) is 8.57. The van der Waals surface area contributed by atoms with Crippen molar-refractivity contribution >= 4 is 22.6 Å². The number of ether oxygens (including phenoxy) is 1. The first kappa shape index (κ1) is 21.0. The Labute approximate surface area is 188 Å². The van der Waals surface area contributed by atoms with Crippen LogP contribution in [0.3, 0.4) is 0 Å². The van der Waals surface area contributed by atoms with E-state index in [-0.39, 0.29) is 11.9 Å². The standard InChI is InChI=1S/C25H30N4O3/c1-18-8-9-23(32-18)22(28-12-14-31-15-13-28)17-26-25(30)20-16-19-6-2-3-7-21(19)27-24(20)29-10-4-5-11-29/h2-3,6-9,16,22H,4-5,10-15,17H2,1H3,(H,26,30). The molecule has 1 amide bonds. The fraction of sp³-hybridized carbons (Fsp3) is 0.440. The number of aryl methyl sites for hydroxylation is 1. The molecule has 2 saturated heterocycles. The van der Waals surface area contributed by atoms with Crippen molar-refractivity contribution < 1.29 is 13.9 Å². The summed E-state index contributed by atoms with van der Waals surface area (Å²) < 4.78 is 11.5. The van der Waals surface area contributed by atoms with Gasteiger partial charge in [0.1, 0.15) is 17.3 Å². The van der Waals surface area contributed by atoms with Gasteiger partial charge in [0.05, 0.1) is 30.3 Å². The molecule has 4 heterocycles. The summed E-state index contributed by atoms with van der Waals surface area (Å²) in [5.74, 6) is 2.45. The van der Waals surface area contributed by atoms with Crippen LogP contribution in [0, 0.1) is 6.92 Å². The Bertz CT molecular complexity index is 1080. The normalized spacial score (nSPS) is 18.2. The van der Waals surface area contributed by atoms with Crippen molar-refractivity contribution in [2.24, 2.45) is 0 Å². The first-order valence-corrected chi connectivity index (χ1v) is 11.5. The van der Waals surface area contributed by atoms with Crippen molar-refractivity contribution in [2.75, 3.05) is 50.8 Å². The van der Waals surface area contributed by atoms with E-state index in [1.807, 2.05) is 49.4 Å². The van der Waals surface area contributed by atoms with Gasteiger partial charge in [0, 0.05) is 38.1 Å². The maximum atomic E-state index is 13.4. The molecule has 1 N–H and O–H groups in total. The van der Waals surface area contributed by atoms with Crippen LogP contribution >= 0.6 is 0 Å². The predicted octanol–water partition coefficient (Wildman–Crippen LogP) is 3.54. The highest BCUT2D eigenvalue weighted by Gasteiger charge is 2.27. The fourth-order valence-electron chi connectivity index (χ4n) is 4.66. The quantitative estimate of drug-likeness (QED) is 0.640. The van der Waals surface area contributed by atoms with Gasteiger partial charge in [-0.05, 0) is 44.0 Å². The van der Waals surface area contributed by atoms with Crippen molar-refractivity contribution in [1.29, 1.82) is 0 Å². The number of para-hydroxylation sites is 1. The summed E-state index contributed by atoms with van der Waals surface area (Å²) in [5, 5.41) is 4.16. The summed E-state index contributed by atoms with van der Waals surface area (Å²) in [6.45, 7) is 7.31. The number of carbonyl (C=O) groups is 1. The average molecular weight is 435 g/mol. The maximum Gasteiger partial charge on any atom is 0.255 e. The number of rotatable bonds is 6. The lowest BCUT2D eigenvalue weighted by Gasteiger charge is -2.33. The van der Waals surface area contributed by atoms with E-state index in [1.165, 1.54) is 0 Å². The lowest BCUT2D eigenvalue weighted by atomic mass is 10.1. The van der Waals surface area contributed by atoms with Gasteiger partial charge >= 0.3 is 0 Å². The van der Waals surface area contributed by atoms with Gasteiger partial charge in [-0.3, -0.25) is 9.69 Å². The second kappa shape index (κ2) is 9.30. The zero-order chi connectivity index (χ0) is 21.9. The molecule has 0 radical (unpaired) electrons. The summed E-state index contributed by atoms with van der Waals surface area (Å²) in [6.07, 6.45) is 2.26. The fourth-order valence-corrected chi connectivity index (χ4v) is 4.66. The predicted molar refractivity (Wildman–Crippen MR) is 124 cm³/mol. The number of furan rings is 1. The summed E-state index contributed by atoms with van der Waals surface area (Å²) in [6, 6.07) is 13.9. The molecule has 0 bridgehead atoms. The number of carbonyl (C=O) groups excluding carboxylic acids is 1. The summed E-state index contributed by atoms with van der Waals surface area (Å²) in [5.41, 5.74) is 1.56. The van der Waals surface area contributed by atoms with Crippen molar-refractivity contribution in [3.8, 4) is 0 Å². The number of fused-ring (bicyclic) bond motifs is 1. The van der Waals surface area contributed by atoms with Crippen molar-refractivity contribution in [3.05, 3.63) is 59.5 Å². The van der Waals surface area contributed by atoms with Crippen LogP contribution in [-0.4, -0.2) is 61.7 Å². The molecule has 0 spiro atoms. The zero-order valence-corrected chi connectivity index (χ0v) is 18.5. The van der Waals surface area contributed by atoms with E-state index in [4.69, 9.17) is 14.1 Å². The van der Waals surface area contributed by atoms with Crippen LogP contribution in [-0.2, 0) is 4.74 Å². The average Bonchev–Trinajstić information content (AvgIpc) is 3.51. The Morgan fingerprint density at radius 3 is 2.62 bits per heavy atom. The molecule has 1 unspecified atom stereocenters. The highest BCUT2D eigenvalue weighted by atomic mass is 16.5. The highest BCUT2D eigenvalue weighted by molar-refractivity contribution is 6.02. The van der Waals surface area contributed by atoms with Gasteiger partial charge in [0.15, 0.2) is 0 Å². The molecule has 2 aromatic heterocycles. The summed E-state index contributed by atoms with van der Waals surface area (Å²) in [7, 11) is 0. The smallest absolute Gasteiger partial charge is 0.255 e. The van der Waals surface area contributed by atoms with E-state index in [0.717, 1.165) is 67.3 Å². The van der Waals surface area contributed by atoms with Crippen molar-refractivity contribution in [1.82, 2.24) is 15.2 Å². The number of benzene rings is 1. The lowest BCUT2D eigenvalue weighted by molar-refractivity contribution is 0.0117. The minimum atomic E-state index is -0.0910. The van der Waals surface area contributed by atoms with Crippen LogP contribution in [0.2, 0.25) is 0 Å². The van der Waals surface area contributed by atoms with E-state index in [2.05, 4.69) is 15.1 Å². The summed E-state index contributed by atoms with van der Waals surface area (Å²) >= 11 is 0. The minimum Gasteiger partial charge on any atom is -0.465 e. The second-order valence-corrected chi connectivity index (χ2v) is 8.57. The van der Waals surface area contributed by atoms with Gasteiger partial charge < -0.3 is 19.4 Å². The third-order valence-electron chi connectivity index (χ3n) is 6.39. The van der Waals surface area contributed by atoms with E-state index >= 15 is 0 Å². The highest BCUT2D eigenvalue weighted by Crippen LogP contribution is 2.28. The lowest BCUT2D eigenvalue weighted by Crippen LogP contribution is -2.43. The van der Waals surface area contributed by atoms with E-state index in [9.17, 15) is 4.79 Å². The molecule has 1 atom stereocenters. The van der Waals surface area contributed by atoms with Gasteiger partial charge in [0.25, 0.3) is 5.91 Å². The van der Waals surface area contributed by atoms with Crippen molar-refractivity contribution in [2.45, 2.75) is 25.8 Å². The molecule has 7 nitrogen and oxygen atoms in total. The first-order valence-electron chi connectivity index (χ1n) is 11.5. The third-order valence-corrected chi connectivity index (χ3v) is 6.39. The number of anilines is 1. The molecule has 0 aliphatic carbocycles. The van der Waals surface area contributed by atoms with Crippen molar-refractivity contribution in [3.63, 3.8) is 0 Å². The molecule has 0 saturated carbocycles. The maximum absolute atomic E-state index is 13.4. The number of nitrogens with one attached hydrogen (secondary N) is 1. The molecule has 2 aliphatic rings. The first-order chi connectivity index (χ1) is 15.7. The number of aromatic nitrogens is 1. The number of nitrogens with zero attached hydrogens (tertiary/aromatic N) is 3. The number of hydrogen-bond acceptors (Lipinski definition) is 6. The van der Waals surface area contributed by atoms with E-state index in [1.54, 1.807) is 0 Å². The Morgan fingerprint density at radius 2 is 1.88 bits per heavy atom. The Kier molecular flexibility index (Phi) is 6.10. The molecular formula is C25H30N4O3. The molecule has 2 aliphatic heterocycles. The van der Waals surface area contributed by atoms with Gasteiger partial charge in [-0.2, -0.15) is 0 Å². The molecule has 2 fully saturated rings. The molecule has 1 aromatic carbocycles. The topological polar surface area (TPSA) is 70.8 Å². The van der Waals surface area contributed by atoms with Crippen LogP contribution in [0.4, 0.5) is 5.82 Å². The monoisotopic (exact) mass is 434 g/mol. The molecular weight excluding hydrogens is 404 g/mol. The zero-order valence-electron chi connectivity index (χ0n) is 18.5. The van der Waals surface area contributed by atoms with Crippen LogP contribution in [0.1, 0.15) is 40.8 Å². The van der Waals surface area contributed by atoms with Gasteiger partial charge in [-0.25, -0.2) is 4.98 Å². The largest absolute Gasteiger partial charge is 0.465 e. The molecule has 32 heavy (non-hydrogen) atoms.